The van der Waals surface area contributed by atoms with Crippen molar-refractivity contribution in [1.82, 2.24) is 9.78 Å². The van der Waals surface area contributed by atoms with Crippen LogP contribution in [0.5, 0.6) is 5.75 Å². The Balaban J connectivity index is 1.95. The molecule has 1 fully saturated rings. The molecule has 2 aromatic carbocycles. The van der Waals surface area contributed by atoms with Crippen molar-refractivity contribution in [3.8, 4) is 22.7 Å². The van der Waals surface area contributed by atoms with Gasteiger partial charge >= 0.3 is 0 Å². The van der Waals surface area contributed by atoms with Crippen LogP contribution in [0.2, 0.25) is 0 Å². The molecule has 0 saturated carbocycles. The van der Waals surface area contributed by atoms with Crippen molar-refractivity contribution >= 4 is 16.9 Å². The standard InChI is InChI=1S/C24H24N4O5/c1-16(2)20-15-21(17-5-4-6-19(13-17)32-3)25-27(24(20)29)23-14-18(7-8-22(23)28(30)31)26-9-11-33-12-10-26/h4-8,13-15H,1,9-12H2,2-3H3. The molecule has 33 heavy (non-hydrogen) atoms. The molecule has 0 radical (unpaired) electrons. The van der Waals surface area contributed by atoms with E-state index in [1.165, 1.54) is 6.07 Å². The van der Waals surface area contributed by atoms with Crippen molar-refractivity contribution in [3.05, 3.63) is 81.1 Å². The summed E-state index contributed by atoms with van der Waals surface area (Å²) in [6.07, 6.45) is 0. The number of ether oxygens (including phenoxy) is 2. The lowest BCUT2D eigenvalue weighted by Gasteiger charge is -2.29. The van der Waals surface area contributed by atoms with Gasteiger partial charge in [0, 0.05) is 36.0 Å². The van der Waals surface area contributed by atoms with Gasteiger partial charge in [-0.1, -0.05) is 18.7 Å². The molecule has 0 amide bonds. The second kappa shape index (κ2) is 9.25. The normalized spacial score (nSPS) is 13.6. The van der Waals surface area contributed by atoms with Crippen LogP contribution in [0.1, 0.15) is 12.5 Å². The summed E-state index contributed by atoms with van der Waals surface area (Å²) in [5, 5.41) is 16.4. The fourth-order valence-corrected chi connectivity index (χ4v) is 3.74. The number of aromatic nitrogens is 2. The van der Waals surface area contributed by atoms with Gasteiger partial charge in [-0.15, -0.1) is 0 Å². The van der Waals surface area contributed by atoms with Gasteiger partial charge in [0.05, 0.1) is 30.9 Å². The van der Waals surface area contributed by atoms with Gasteiger partial charge in [0.15, 0.2) is 0 Å². The number of nitro benzene ring substituents is 1. The Kier molecular flexibility index (Phi) is 6.23. The highest BCUT2D eigenvalue weighted by atomic mass is 16.6. The number of benzene rings is 2. The number of anilines is 1. The second-order valence-corrected chi connectivity index (χ2v) is 7.70. The Morgan fingerprint density at radius 1 is 1.18 bits per heavy atom. The van der Waals surface area contributed by atoms with Gasteiger partial charge in [-0.05, 0) is 42.8 Å². The third kappa shape index (κ3) is 4.49. The van der Waals surface area contributed by atoms with Crippen LogP contribution in [0.3, 0.4) is 0 Å². The first-order valence-electron chi connectivity index (χ1n) is 10.4. The van der Waals surface area contributed by atoms with Crippen molar-refractivity contribution in [2.75, 3.05) is 38.3 Å². The van der Waals surface area contributed by atoms with Gasteiger partial charge in [-0.3, -0.25) is 14.9 Å². The largest absolute Gasteiger partial charge is 0.497 e. The average Bonchev–Trinajstić information content (AvgIpc) is 2.84. The van der Waals surface area contributed by atoms with Crippen LogP contribution in [0.4, 0.5) is 11.4 Å². The molecule has 3 aromatic rings. The quantitative estimate of drug-likeness (QED) is 0.419. The minimum atomic E-state index is -0.509. The molecule has 0 atom stereocenters. The first kappa shape index (κ1) is 22.2. The molecule has 0 N–H and O–H groups in total. The van der Waals surface area contributed by atoms with Crippen molar-refractivity contribution in [3.63, 3.8) is 0 Å². The number of hydrogen-bond acceptors (Lipinski definition) is 7. The number of allylic oxidation sites excluding steroid dienone is 1. The van der Waals surface area contributed by atoms with E-state index in [4.69, 9.17) is 9.47 Å². The zero-order chi connectivity index (χ0) is 23.5. The zero-order valence-electron chi connectivity index (χ0n) is 18.5. The maximum absolute atomic E-state index is 13.3. The van der Waals surface area contributed by atoms with Crippen molar-refractivity contribution in [1.29, 1.82) is 0 Å². The van der Waals surface area contributed by atoms with E-state index in [1.807, 2.05) is 12.1 Å². The lowest BCUT2D eigenvalue weighted by Crippen LogP contribution is -2.36. The van der Waals surface area contributed by atoms with Crippen molar-refractivity contribution in [2.45, 2.75) is 6.92 Å². The topological polar surface area (TPSA) is 99.7 Å². The molecule has 1 aliphatic heterocycles. The van der Waals surface area contributed by atoms with Crippen LogP contribution >= 0.6 is 0 Å². The summed E-state index contributed by atoms with van der Waals surface area (Å²) in [5.74, 6) is 0.629. The van der Waals surface area contributed by atoms with Gasteiger partial charge < -0.3 is 14.4 Å². The van der Waals surface area contributed by atoms with E-state index in [9.17, 15) is 14.9 Å². The highest BCUT2D eigenvalue weighted by Gasteiger charge is 2.23. The fourth-order valence-electron chi connectivity index (χ4n) is 3.74. The number of methoxy groups -OCH3 is 1. The molecule has 170 valence electrons. The second-order valence-electron chi connectivity index (χ2n) is 7.70. The Labute approximate surface area is 190 Å². The number of hydrogen-bond donors (Lipinski definition) is 0. The molecule has 0 unspecified atom stereocenters. The molecular weight excluding hydrogens is 424 g/mol. The zero-order valence-corrected chi connectivity index (χ0v) is 18.5. The van der Waals surface area contributed by atoms with Gasteiger partial charge in [0.2, 0.25) is 0 Å². The molecule has 0 aliphatic carbocycles. The summed E-state index contributed by atoms with van der Waals surface area (Å²) in [5.41, 5.74) is 2.21. The molecule has 9 nitrogen and oxygen atoms in total. The van der Waals surface area contributed by atoms with Crippen LogP contribution in [0, 0.1) is 10.1 Å². The van der Waals surface area contributed by atoms with E-state index < -0.39 is 10.5 Å². The third-order valence-electron chi connectivity index (χ3n) is 5.50. The van der Waals surface area contributed by atoms with Gasteiger partial charge in [0.25, 0.3) is 11.2 Å². The average molecular weight is 448 g/mol. The first-order chi connectivity index (χ1) is 15.9. The van der Waals surface area contributed by atoms with Crippen molar-refractivity contribution in [2.24, 2.45) is 0 Å². The SMILES string of the molecule is C=C(C)c1cc(-c2cccc(OC)c2)nn(-c2cc(N3CCOCC3)ccc2[N+](=O)[O-])c1=O. The van der Waals surface area contributed by atoms with Crippen LogP contribution in [0.25, 0.3) is 22.5 Å². The maximum atomic E-state index is 13.3. The Morgan fingerprint density at radius 2 is 1.94 bits per heavy atom. The molecule has 2 heterocycles. The minimum absolute atomic E-state index is 0.0984. The van der Waals surface area contributed by atoms with Gasteiger partial charge in [-0.2, -0.15) is 9.78 Å². The van der Waals surface area contributed by atoms with E-state index in [2.05, 4.69) is 16.6 Å². The molecule has 1 aromatic heterocycles. The monoisotopic (exact) mass is 448 g/mol. The molecular formula is C24H24N4O5. The van der Waals surface area contributed by atoms with E-state index in [1.54, 1.807) is 44.4 Å². The summed E-state index contributed by atoms with van der Waals surface area (Å²) in [7, 11) is 1.56. The summed E-state index contributed by atoms with van der Waals surface area (Å²) in [6.45, 7) is 8.07. The first-order valence-corrected chi connectivity index (χ1v) is 10.4. The summed E-state index contributed by atoms with van der Waals surface area (Å²) in [4.78, 5) is 26.7. The lowest BCUT2D eigenvalue weighted by atomic mass is 10.1. The predicted octanol–water partition coefficient (Wildman–Crippen LogP) is 3.69. The highest BCUT2D eigenvalue weighted by Crippen LogP contribution is 2.29. The van der Waals surface area contributed by atoms with Crippen molar-refractivity contribution < 1.29 is 14.4 Å². The smallest absolute Gasteiger partial charge is 0.295 e. The minimum Gasteiger partial charge on any atom is -0.497 e. The van der Waals surface area contributed by atoms with Crippen LogP contribution in [-0.2, 0) is 4.74 Å². The molecule has 1 saturated heterocycles. The molecule has 0 spiro atoms. The Morgan fingerprint density at radius 3 is 2.61 bits per heavy atom. The van der Waals surface area contributed by atoms with Crippen LogP contribution in [-0.4, -0.2) is 48.1 Å². The Bertz CT molecular complexity index is 1280. The number of nitrogens with zero attached hydrogens (tertiary/aromatic N) is 4. The van der Waals surface area contributed by atoms with Gasteiger partial charge in [0.1, 0.15) is 11.4 Å². The summed E-state index contributed by atoms with van der Waals surface area (Å²) >= 11 is 0. The van der Waals surface area contributed by atoms with Crippen LogP contribution in [0.15, 0.2) is 59.9 Å². The Hall–Kier alpha value is -3.98. The van der Waals surface area contributed by atoms with E-state index in [0.29, 0.717) is 54.4 Å². The van der Waals surface area contributed by atoms with E-state index in [0.717, 1.165) is 10.4 Å². The highest BCUT2D eigenvalue weighted by molar-refractivity contribution is 5.70. The van der Waals surface area contributed by atoms with Crippen LogP contribution < -0.4 is 15.2 Å². The number of morpholine rings is 1. The maximum Gasteiger partial charge on any atom is 0.295 e. The summed E-state index contributed by atoms with van der Waals surface area (Å²) in [6, 6.07) is 13.6. The molecule has 4 rings (SSSR count). The lowest BCUT2D eigenvalue weighted by molar-refractivity contribution is -0.384. The molecule has 9 heteroatoms. The molecule has 0 bridgehead atoms. The summed E-state index contributed by atoms with van der Waals surface area (Å²) < 4.78 is 11.8. The van der Waals surface area contributed by atoms with E-state index >= 15 is 0 Å². The third-order valence-corrected chi connectivity index (χ3v) is 5.50. The molecule has 1 aliphatic rings. The number of nitro groups is 1. The fraction of sp³-hybridized carbons (Fsp3) is 0.250. The van der Waals surface area contributed by atoms with Gasteiger partial charge in [-0.25, -0.2) is 0 Å². The van der Waals surface area contributed by atoms with E-state index in [-0.39, 0.29) is 11.4 Å². The number of rotatable bonds is 6. The predicted molar refractivity (Wildman–Crippen MR) is 126 cm³/mol.